The second-order valence-corrected chi connectivity index (χ2v) is 7.58. The number of aliphatic hydroxyl groups is 1. The van der Waals surface area contributed by atoms with Crippen molar-refractivity contribution in [3.63, 3.8) is 0 Å². The molecule has 9 heteroatoms. The quantitative estimate of drug-likeness (QED) is 0.455. The van der Waals surface area contributed by atoms with Crippen molar-refractivity contribution in [3.05, 3.63) is 83.0 Å². The van der Waals surface area contributed by atoms with E-state index in [1.54, 1.807) is 43.3 Å². The molecular formula is C21H17N3O5S. The molecule has 1 atom stereocenters. The number of Topliss-reactive ketones (excluding diaryl/α,β-unsaturated/α-hetero) is 1. The Morgan fingerprint density at radius 2 is 2.10 bits per heavy atom. The van der Waals surface area contributed by atoms with E-state index in [4.69, 9.17) is 9.15 Å². The molecule has 1 aliphatic rings. The Morgan fingerprint density at radius 3 is 2.70 bits per heavy atom. The number of hydrogen-bond acceptors (Lipinski definition) is 8. The number of aliphatic hydroxyl groups excluding tert-OH is 1. The fourth-order valence-electron chi connectivity index (χ4n) is 3.18. The highest BCUT2D eigenvalue weighted by atomic mass is 32.1. The number of rotatable bonds is 7. The number of ketones is 1. The lowest BCUT2D eigenvalue weighted by Gasteiger charge is -2.24. The van der Waals surface area contributed by atoms with E-state index in [2.05, 4.69) is 16.8 Å². The molecular weight excluding hydrogens is 406 g/mol. The van der Waals surface area contributed by atoms with Crippen LogP contribution in [0.2, 0.25) is 0 Å². The van der Waals surface area contributed by atoms with Crippen molar-refractivity contribution in [2.45, 2.75) is 13.0 Å². The topological polar surface area (TPSA) is 106 Å². The number of nitrogens with zero attached hydrogens (tertiary/aromatic N) is 3. The van der Waals surface area contributed by atoms with Gasteiger partial charge < -0.3 is 14.3 Å². The summed E-state index contributed by atoms with van der Waals surface area (Å²) in [6, 6.07) is 9.05. The van der Waals surface area contributed by atoms with E-state index >= 15 is 0 Å². The van der Waals surface area contributed by atoms with E-state index < -0.39 is 23.5 Å². The molecule has 0 saturated heterocycles. The first-order valence-corrected chi connectivity index (χ1v) is 9.81. The molecule has 1 aromatic carbocycles. The lowest BCUT2D eigenvalue weighted by atomic mass is 9.95. The maximum absolute atomic E-state index is 13.1. The summed E-state index contributed by atoms with van der Waals surface area (Å²) < 4.78 is 10.7. The van der Waals surface area contributed by atoms with Crippen LogP contribution >= 0.6 is 11.3 Å². The summed E-state index contributed by atoms with van der Waals surface area (Å²) in [5, 5.41) is 19.5. The van der Waals surface area contributed by atoms with Crippen LogP contribution in [-0.4, -0.2) is 33.6 Å². The molecule has 2 aromatic heterocycles. The average molecular weight is 423 g/mol. The van der Waals surface area contributed by atoms with Gasteiger partial charge in [-0.05, 0) is 36.8 Å². The Bertz CT molecular complexity index is 1130. The van der Waals surface area contributed by atoms with E-state index in [0.29, 0.717) is 22.9 Å². The Hall–Kier alpha value is -3.72. The zero-order chi connectivity index (χ0) is 21.3. The van der Waals surface area contributed by atoms with Crippen LogP contribution in [0.4, 0.5) is 5.13 Å². The van der Waals surface area contributed by atoms with Crippen LogP contribution in [0, 0.1) is 6.92 Å². The number of aryl methyl sites for hydroxylation is 1. The number of aromatic nitrogens is 2. The Balaban J connectivity index is 1.80. The molecule has 8 nitrogen and oxygen atoms in total. The maximum atomic E-state index is 13.1. The highest BCUT2D eigenvalue weighted by Crippen LogP contribution is 2.43. The number of anilines is 1. The normalized spacial score (nSPS) is 16.2. The molecule has 4 rings (SSSR count). The van der Waals surface area contributed by atoms with Gasteiger partial charge in [0.05, 0.1) is 17.9 Å². The zero-order valence-corrected chi connectivity index (χ0v) is 16.8. The highest BCUT2D eigenvalue weighted by Gasteiger charge is 2.46. The van der Waals surface area contributed by atoms with E-state index in [1.807, 2.05) is 0 Å². The van der Waals surface area contributed by atoms with Crippen LogP contribution in [0.3, 0.4) is 0 Å². The number of hydrogen-bond donors (Lipinski definition) is 1. The second-order valence-electron chi connectivity index (χ2n) is 6.42. The summed E-state index contributed by atoms with van der Waals surface area (Å²) in [7, 11) is 0. The molecule has 1 amide bonds. The van der Waals surface area contributed by atoms with Gasteiger partial charge in [0.25, 0.3) is 5.91 Å². The number of carbonyl (C=O) groups excluding carboxylic acids is 2. The molecule has 0 bridgehead atoms. The number of amides is 1. The predicted octanol–water partition coefficient (Wildman–Crippen LogP) is 3.79. The van der Waals surface area contributed by atoms with Gasteiger partial charge >= 0.3 is 0 Å². The van der Waals surface area contributed by atoms with Crippen molar-refractivity contribution < 1.29 is 23.8 Å². The molecule has 0 fully saturated rings. The Labute approximate surface area is 175 Å². The summed E-state index contributed by atoms with van der Waals surface area (Å²) in [5.41, 5.74) is 0.517. The smallest absolute Gasteiger partial charge is 0.296 e. The fraction of sp³-hybridized carbons (Fsp3) is 0.143. The SMILES string of the molecule is C=CCOc1ccc([C@@H]2C(C(=O)c3ccco3)=C(O)C(=O)N2c2nnc(C)s2)cc1. The van der Waals surface area contributed by atoms with Crippen molar-refractivity contribution in [1.29, 1.82) is 0 Å². The monoisotopic (exact) mass is 423 g/mol. The summed E-state index contributed by atoms with van der Waals surface area (Å²) in [6.07, 6.45) is 2.98. The Morgan fingerprint density at radius 1 is 1.33 bits per heavy atom. The molecule has 0 spiro atoms. The number of ether oxygens (including phenoxy) is 1. The van der Waals surface area contributed by atoms with Crippen LogP contribution < -0.4 is 9.64 Å². The van der Waals surface area contributed by atoms with Gasteiger partial charge in [0.1, 0.15) is 17.4 Å². The summed E-state index contributed by atoms with van der Waals surface area (Å²) in [5.74, 6) is -1.31. The summed E-state index contributed by atoms with van der Waals surface area (Å²) in [6.45, 7) is 5.71. The van der Waals surface area contributed by atoms with Gasteiger partial charge in [-0.2, -0.15) is 0 Å². The van der Waals surface area contributed by atoms with E-state index in [9.17, 15) is 14.7 Å². The molecule has 30 heavy (non-hydrogen) atoms. The first kappa shape index (κ1) is 19.6. The van der Waals surface area contributed by atoms with Crippen molar-refractivity contribution in [2.75, 3.05) is 11.5 Å². The number of carbonyl (C=O) groups is 2. The first-order chi connectivity index (χ1) is 14.5. The second kappa shape index (κ2) is 7.96. The zero-order valence-electron chi connectivity index (χ0n) is 15.9. The van der Waals surface area contributed by atoms with E-state index in [1.165, 1.54) is 28.6 Å². The van der Waals surface area contributed by atoms with E-state index in [0.717, 1.165) is 0 Å². The lowest BCUT2D eigenvalue weighted by molar-refractivity contribution is -0.117. The van der Waals surface area contributed by atoms with Crippen LogP contribution in [0.25, 0.3) is 0 Å². The fourth-order valence-corrected chi connectivity index (χ4v) is 3.89. The third-order valence-electron chi connectivity index (χ3n) is 4.48. The van der Waals surface area contributed by atoms with Crippen LogP contribution in [-0.2, 0) is 4.79 Å². The van der Waals surface area contributed by atoms with Crippen LogP contribution in [0.1, 0.15) is 27.2 Å². The van der Waals surface area contributed by atoms with Crippen molar-refractivity contribution >= 4 is 28.2 Å². The van der Waals surface area contributed by atoms with Gasteiger partial charge in [-0.25, -0.2) is 0 Å². The van der Waals surface area contributed by atoms with Gasteiger partial charge in [0, 0.05) is 0 Å². The number of furan rings is 1. The average Bonchev–Trinajstić information content (AvgIpc) is 3.48. The third-order valence-corrected chi connectivity index (χ3v) is 5.32. The molecule has 0 saturated carbocycles. The van der Waals surface area contributed by atoms with Gasteiger partial charge in [-0.3, -0.25) is 14.5 Å². The minimum atomic E-state index is -0.893. The standard InChI is InChI=1S/C21H17N3O5S/c1-3-10-28-14-8-6-13(7-9-14)17-16(18(25)15-5-4-11-29-15)19(26)20(27)24(17)21-23-22-12(2)30-21/h3-9,11,17,26H,1,10H2,2H3/t17-/m1/s1. The minimum absolute atomic E-state index is 0.0237. The van der Waals surface area contributed by atoms with Crippen molar-refractivity contribution in [2.24, 2.45) is 0 Å². The third kappa shape index (κ3) is 3.39. The highest BCUT2D eigenvalue weighted by molar-refractivity contribution is 7.15. The molecule has 1 N–H and O–H groups in total. The Kier molecular flexibility index (Phi) is 5.20. The molecule has 0 radical (unpaired) electrons. The molecule has 1 aliphatic heterocycles. The lowest BCUT2D eigenvalue weighted by Crippen LogP contribution is -2.31. The molecule has 3 heterocycles. The van der Waals surface area contributed by atoms with Crippen molar-refractivity contribution in [1.82, 2.24) is 10.2 Å². The first-order valence-electron chi connectivity index (χ1n) is 9.00. The van der Waals surface area contributed by atoms with Gasteiger partial charge in [0.2, 0.25) is 10.9 Å². The minimum Gasteiger partial charge on any atom is -0.503 e. The van der Waals surface area contributed by atoms with Crippen molar-refractivity contribution in [3.8, 4) is 5.75 Å². The van der Waals surface area contributed by atoms with E-state index in [-0.39, 0.29) is 16.5 Å². The largest absolute Gasteiger partial charge is 0.503 e. The number of benzene rings is 1. The molecule has 0 aliphatic carbocycles. The van der Waals surface area contributed by atoms with Crippen LogP contribution in [0.5, 0.6) is 5.75 Å². The predicted molar refractivity (Wildman–Crippen MR) is 110 cm³/mol. The van der Waals surface area contributed by atoms with Gasteiger partial charge in [-0.1, -0.05) is 36.1 Å². The van der Waals surface area contributed by atoms with Crippen LogP contribution in [0.15, 0.2) is 71.1 Å². The van der Waals surface area contributed by atoms with Gasteiger partial charge in [0.15, 0.2) is 11.5 Å². The molecule has 152 valence electrons. The summed E-state index contributed by atoms with van der Waals surface area (Å²) >= 11 is 1.19. The molecule has 3 aromatic rings. The molecule has 0 unspecified atom stereocenters. The summed E-state index contributed by atoms with van der Waals surface area (Å²) in [4.78, 5) is 27.3. The maximum Gasteiger partial charge on any atom is 0.296 e. The van der Waals surface area contributed by atoms with Gasteiger partial charge in [-0.15, -0.1) is 10.2 Å².